The average Bonchev–Trinajstić information content (AvgIpc) is 3.21. The summed E-state index contributed by atoms with van der Waals surface area (Å²) in [6.07, 6.45) is 6.98. The molecule has 1 aromatic rings. The third-order valence-corrected chi connectivity index (χ3v) is 8.43. The Kier molecular flexibility index (Phi) is 4.18. The molecule has 3 unspecified atom stereocenters. The van der Waals surface area contributed by atoms with Gasteiger partial charge in [-0.2, -0.15) is 0 Å². The number of carbonyl (C=O) groups is 1. The number of carboxylic acid groups (broad SMARTS) is 1. The van der Waals surface area contributed by atoms with Crippen LogP contribution in [-0.4, -0.2) is 24.3 Å². The first-order valence-corrected chi connectivity index (χ1v) is 10.6. The molecule has 152 valence electrons. The minimum Gasteiger partial charge on any atom is -0.478 e. The first-order valence-electron chi connectivity index (χ1n) is 10.6. The first kappa shape index (κ1) is 19.7. The van der Waals surface area contributed by atoms with Crippen molar-refractivity contribution >= 4 is 5.97 Å². The highest BCUT2D eigenvalue weighted by molar-refractivity contribution is 5.81. The van der Waals surface area contributed by atoms with Crippen LogP contribution >= 0.6 is 0 Å². The van der Waals surface area contributed by atoms with Crippen LogP contribution in [0.3, 0.4) is 0 Å². The summed E-state index contributed by atoms with van der Waals surface area (Å²) in [4.78, 5) is 11.4. The molecular formula is C25H34O3. The summed E-state index contributed by atoms with van der Waals surface area (Å²) in [7, 11) is 1.77. The Balaban J connectivity index is 1.83. The minimum absolute atomic E-state index is 0.0242. The van der Waals surface area contributed by atoms with Crippen LogP contribution in [0, 0.1) is 5.41 Å². The van der Waals surface area contributed by atoms with Gasteiger partial charge in [0.2, 0.25) is 0 Å². The van der Waals surface area contributed by atoms with Gasteiger partial charge in [-0.3, -0.25) is 0 Å². The van der Waals surface area contributed by atoms with E-state index in [1.54, 1.807) is 7.11 Å². The van der Waals surface area contributed by atoms with E-state index in [0.29, 0.717) is 0 Å². The van der Waals surface area contributed by atoms with Crippen LogP contribution in [0.5, 0.6) is 0 Å². The number of benzene rings is 1. The molecule has 3 aliphatic rings. The van der Waals surface area contributed by atoms with Crippen LogP contribution in [0.2, 0.25) is 0 Å². The van der Waals surface area contributed by atoms with Gasteiger partial charge in [0, 0.05) is 24.0 Å². The summed E-state index contributed by atoms with van der Waals surface area (Å²) in [5.41, 5.74) is 5.56. The zero-order valence-electron chi connectivity index (χ0n) is 18.2. The second-order valence-electron chi connectivity index (χ2n) is 10.7. The Hall–Kier alpha value is -1.61. The highest BCUT2D eigenvalue weighted by Gasteiger charge is 2.75. The third-order valence-electron chi connectivity index (χ3n) is 8.43. The normalized spacial score (nSPS) is 35.2. The fraction of sp³-hybridized carbons (Fsp3) is 0.640. The van der Waals surface area contributed by atoms with E-state index in [4.69, 9.17) is 4.74 Å². The van der Waals surface area contributed by atoms with Gasteiger partial charge in [-0.15, -0.1) is 0 Å². The van der Waals surface area contributed by atoms with Crippen molar-refractivity contribution in [2.75, 3.05) is 7.11 Å². The molecule has 3 atom stereocenters. The Morgan fingerprint density at radius 2 is 1.75 bits per heavy atom. The van der Waals surface area contributed by atoms with Crippen molar-refractivity contribution in [2.45, 2.75) is 89.1 Å². The number of fused-ring (bicyclic) bond motifs is 2. The van der Waals surface area contributed by atoms with E-state index in [9.17, 15) is 9.90 Å². The predicted octanol–water partition coefficient (Wildman–Crippen LogP) is 5.50. The van der Waals surface area contributed by atoms with Gasteiger partial charge >= 0.3 is 5.97 Å². The molecular weight excluding hydrogens is 348 g/mol. The van der Waals surface area contributed by atoms with E-state index in [1.165, 1.54) is 35.6 Å². The van der Waals surface area contributed by atoms with E-state index in [-0.39, 0.29) is 27.8 Å². The molecule has 0 aliphatic heterocycles. The maximum Gasteiger partial charge on any atom is 0.328 e. The van der Waals surface area contributed by atoms with Gasteiger partial charge in [0.05, 0.1) is 6.10 Å². The van der Waals surface area contributed by atoms with Gasteiger partial charge < -0.3 is 9.84 Å². The highest BCUT2D eigenvalue weighted by Crippen LogP contribution is 2.77. The molecule has 2 fully saturated rings. The lowest BCUT2D eigenvalue weighted by Crippen LogP contribution is -2.34. The van der Waals surface area contributed by atoms with E-state index < -0.39 is 5.97 Å². The fourth-order valence-electron chi connectivity index (χ4n) is 6.58. The number of methoxy groups -OCH3 is 1. The van der Waals surface area contributed by atoms with Gasteiger partial charge in [0.1, 0.15) is 0 Å². The Morgan fingerprint density at radius 1 is 1.11 bits per heavy atom. The standard InChI is InChI=1S/C25H34O3/c1-16(13-21(26)27)25-15-24(25,10-9-20(25)28-6)17-7-8-18-19(14-17)23(4,5)12-11-22(18,2)3/h7-8,13-14,20H,9-12,15H2,1-6H3,(H,26,27). The van der Waals surface area contributed by atoms with Crippen LogP contribution in [0.4, 0.5) is 0 Å². The second-order valence-corrected chi connectivity index (χ2v) is 10.7. The lowest BCUT2D eigenvalue weighted by molar-refractivity contribution is -0.131. The molecule has 2 saturated carbocycles. The van der Waals surface area contributed by atoms with E-state index in [1.807, 2.05) is 6.92 Å². The molecule has 1 N–H and O–H groups in total. The van der Waals surface area contributed by atoms with Crippen LogP contribution in [0.15, 0.2) is 29.8 Å². The number of ether oxygens (including phenoxy) is 1. The van der Waals surface area contributed by atoms with Crippen molar-refractivity contribution in [1.29, 1.82) is 0 Å². The molecule has 0 saturated heterocycles. The number of hydrogen-bond acceptors (Lipinski definition) is 2. The topological polar surface area (TPSA) is 46.5 Å². The number of carboxylic acids is 1. The molecule has 28 heavy (non-hydrogen) atoms. The lowest BCUT2D eigenvalue weighted by Gasteiger charge is -2.42. The van der Waals surface area contributed by atoms with Gasteiger partial charge in [0.25, 0.3) is 0 Å². The van der Waals surface area contributed by atoms with E-state index >= 15 is 0 Å². The summed E-state index contributed by atoms with van der Waals surface area (Å²) in [5.74, 6) is -0.859. The Bertz CT molecular complexity index is 863. The third kappa shape index (κ3) is 2.48. The van der Waals surface area contributed by atoms with Crippen molar-refractivity contribution in [3.63, 3.8) is 0 Å². The summed E-state index contributed by atoms with van der Waals surface area (Å²) in [5, 5.41) is 9.36. The van der Waals surface area contributed by atoms with Crippen LogP contribution < -0.4 is 0 Å². The molecule has 0 spiro atoms. The number of rotatable bonds is 4. The van der Waals surface area contributed by atoms with Gasteiger partial charge in [0.15, 0.2) is 0 Å². The summed E-state index contributed by atoms with van der Waals surface area (Å²) in [6, 6.07) is 7.15. The average molecular weight is 383 g/mol. The maximum atomic E-state index is 11.4. The SMILES string of the molecule is COC1CCC2(c3ccc4c(c3)C(C)(C)CCC4(C)C)CC12C(C)=CC(=O)O. The van der Waals surface area contributed by atoms with Crippen LogP contribution in [0.25, 0.3) is 0 Å². The fourth-order valence-corrected chi connectivity index (χ4v) is 6.58. The largest absolute Gasteiger partial charge is 0.478 e. The van der Waals surface area contributed by atoms with Crippen molar-refractivity contribution < 1.29 is 14.6 Å². The highest BCUT2D eigenvalue weighted by atomic mass is 16.5. The van der Waals surface area contributed by atoms with Crippen molar-refractivity contribution in [3.05, 3.63) is 46.5 Å². The molecule has 4 rings (SSSR count). The molecule has 3 heteroatoms. The zero-order valence-corrected chi connectivity index (χ0v) is 18.2. The lowest BCUT2D eigenvalue weighted by atomic mass is 9.62. The first-order chi connectivity index (χ1) is 13.0. The van der Waals surface area contributed by atoms with Gasteiger partial charge in [-0.1, -0.05) is 51.5 Å². The van der Waals surface area contributed by atoms with E-state index in [2.05, 4.69) is 45.9 Å². The van der Waals surface area contributed by atoms with Crippen LogP contribution in [-0.2, 0) is 25.8 Å². The zero-order chi connectivity index (χ0) is 20.5. The molecule has 3 nitrogen and oxygen atoms in total. The van der Waals surface area contributed by atoms with Crippen molar-refractivity contribution in [1.82, 2.24) is 0 Å². The minimum atomic E-state index is -0.859. The number of hydrogen-bond donors (Lipinski definition) is 1. The van der Waals surface area contributed by atoms with Crippen molar-refractivity contribution in [2.24, 2.45) is 5.41 Å². The molecule has 3 aliphatic carbocycles. The smallest absolute Gasteiger partial charge is 0.328 e. The van der Waals surface area contributed by atoms with Crippen molar-refractivity contribution in [3.8, 4) is 0 Å². The molecule has 1 aromatic carbocycles. The molecule has 0 aromatic heterocycles. The quantitative estimate of drug-likeness (QED) is 0.699. The molecule has 0 bridgehead atoms. The number of aliphatic carboxylic acids is 1. The van der Waals surface area contributed by atoms with Crippen LogP contribution in [0.1, 0.15) is 83.4 Å². The monoisotopic (exact) mass is 382 g/mol. The van der Waals surface area contributed by atoms with Gasteiger partial charge in [-0.05, 0) is 66.5 Å². The van der Waals surface area contributed by atoms with Gasteiger partial charge in [-0.25, -0.2) is 4.79 Å². The molecule has 0 heterocycles. The molecule has 0 radical (unpaired) electrons. The Labute approximate surface area is 169 Å². The second kappa shape index (κ2) is 5.95. The maximum absolute atomic E-state index is 11.4. The predicted molar refractivity (Wildman–Crippen MR) is 112 cm³/mol. The summed E-state index contributed by atoms with van der Waals surface area (Å²) >= 11 is 0. The summed E-state index contributed by atoms with van der Waals surface area (Å²) in [6.45, 7) is 11.4. The van der Waals surface area contributed by atoms with E-state index in [0.717, 1.165) is 24.8 Å². The summed E-state index contributed by atoms with van der Waals surface area (Å²) < 4.78 is 5.87. The molecule has 0 amide bonds. The Morgan fingerprint density at radius 3 is 2.36 bits per heavy atom.